The molecule has 2 rings (SSSR count). The Kier molecular flexibility index (Phi) is 5.41. The molecule has 0 bridgehead atoms. The zero-order chi connectivity index (χ0) is 14.6. The van der Waals surface area contributed by atoms with Crippen molar-refractivity contribution in [3.05, 3.63) is 35.6 Å². The molecule has 3 nitrogen and oxygen atoms in total. The lowest BCUT2D eigenvalue weighted by molar-refractivity contribution is 0.397. The quantitative estimate of drug-likeness (QED) is 0.545. The van der Waals surface area contributed by atoms with Crippen molar-refractivity contribution in [3.8, 4) is 0 Å². The van der Waals surface area contributed by atoms with E-state index in [1.54, 1.807) is 12.1 Å². The SMILES string of the molecule is O=S(=O)(CCCCCl)N(Cc1cccc(F)c1)C1CC1. The summed E-state index contributed by atoms with van der Waals surface area (Å²) in [5.41, 5.74) is 0.692. The van der Waals surface area contributed by atoms with E-state index >= 15 is 0 Å². The van der Waals surface area contributed by atoms with Crippen LogP contribution in [0, 0.1) is 5.82 Å². The zero-order valence-corrected chi connectivity index (χ0v) is 12.8. The normalized spacial score (nSPS) is 15.8. The summed E-state index contributed by atoms with van der Waals surface area (Å²) in [5, 5.41) is 0. The third-order valence-electron chi connectivity index (χ3n) is 3.32. The largest absolute Gasteiger partial charge is 0.214 e. The molecule has 0 atom stereocenters. The lowest BCUT2D eigenvalue weighted by atomic mass is 10.2. The molecule has 0 aliphatic heterocycles. The molecule has 1 aliphatic carbocycles. The lowest BCUT2D eigenvalue weighted by Gasteiger charge is -2.22. The number of unbranched alkanes of at least 4 members (excludes halogenated alkanes) is 1. The van der Waals surface area contributed by atoms with Gasteiger partial charge in [0.05, 0.1) is 5.75 Å². The first-order valence-electron chi connectivity index (χ1n) is 6.83. The van der Waals surface area contributed by atoms with E-state index in [1.165, 1.54) is 16.4 Å². The molecule has 0 saturated heterocycles. The number of sulfonamides is 1. The van der Waals surface area contributed by atoms with Crippen LogP contribution in [0.5, 0.6) is 0 Å². The van der Waals surface area contributed by atoms with Crippen molar-refractivity contribution in [2.24, 2.45) is 0 Å². The summed E-state index contributed by atoms with van der Waals surface area (Å²) in [6.45, 7) is 0.256. The van der Waals surface area contributed by atoms with E-state index in [1.807, 2.05) is 0 Å². The number of halogens is 2. The van der Waals surface area contributed by atoms with E-state index in [4.69, 9.17) is 11.6 Å². The van der Waals surface area contributed by atoms with Crippen LogP contribution in [0.25, 0.3) is 0 Å². The number of alkyl halides is 1. The summed E-state index contributed by atoms with van der Waals surface area (Å²) < 4.78 is 39.5. The molecular formula is C14H19ClFNO2S. The van der Waals surface area contributed by atoms with Gasteiger partial charge in [-0.2, -0.15) is 4.31 Å². The predicted molar refractivity (Wildman–Crippen MR) is 78.7 cm³/mol. The van der Waals surface area contributed by atoms with E-state index in [2.05, 4.69) is 0 Å². The van der Waals surface area contributed by atoms with E-state index in [0.717, 1.165) is 12.8 Å². The highest BCUT2D eigenvalue weighted by Gasteiger charge is 2.36. The van der Waals surface area contributed by atoms with Gasteiger partial charge in [-0.1, -0.05) is 12.1 Å². The van der Waals surface area contributed by atoms with Gasteiger partial charge in [0, 0.05) is 18.5 Å². The smallest absolute Gasteiger partial charge is 0.212 e. The Morgan fingerprint density at radius 2 is 2.05 bits per heavy atom. The minimum Gasteiger partial charge on any atom is -0.212 e. The van der Waals surface area contributed by atoms with Gasteiger partial charge in [0.1, 0.15) is 5.82 Å². The second kappa shape index (κ2) is 6.87. The average molecular weight is 320 g/mol. The first-order valence-corrected chi connectivity index (χ1v) is 8.97. The highest BCUT2D eigenvalue weighted by atomic mass is 35.5. The van der Waals surface area contributed by atoms with E-state index in [9.17, 15) is 12.8 Å². The number of rotatable bonds is 8. The standard InChI is InChI=1S/C14H19ClFNO2S/c15-8-1-2-9-20(18,19)17(14-6-7-14)11-12-4-3-5-13(16)10-12/h3-5,10,14H,1-2,6-9,11H2. The number of hydrogen-bond acceptors (Lipinski definition) is 2. The summed E-state index contributed by atoms with van der Waals surface area (Å²) >= 11 is 5.58. The van der Waals surface area contributed by atoms with Crippen LogP contribution in [0.4, 0.5) is 4.39 Å². The molecule has 0 unspecified atom stereocenters. The van der Waals surface area contributed by atoms with Crippen LogP contribution < -0.4 is 0 Å². The second-order valence-corrected chi connectivity index (χ2v) is 7.54. The fourth-order valence-corrected chi connectivity index (χ4v) is 4.13. The molecular weight excluding hydrogens is 301 g/mol. The molecule has 1 aromatic rings. The summed E-state index contributed by atoms with van der Waals surface area (Å²) in [5.74, 6) is 0.256. The third-order valence-corrected chi connectivity index (χ3v) is 5.54. The van der Waals surface area contributed by atoms with Crippen molar-refractivity contribution in [3.63, 3.8) is 0 Å². The van der Waals surface area contributed by atoms with Crippen LogP contribution in [0.15, 0.2) is 24.3 Å². The zero-order valence-electron chi connectivity index (χ0n) is 11.3. The van der Waals surface area contributed by atoms with Crippen molar-refractivity contribution in [1.82, 2.24) is 4.31 Å². The van der Waals surface area contributed by atoms with Crippen molar-refractivity contribution < 1.29 is 12.8 Å². The maximum absolute atomic E-state index is 13.2. The van der Waals surface area contributed by atoms with Gasteiger partial charge >= 0.3 is 0 Å². The van der Waals surface area contributed by atoms with Crippen LogP contribution in [0.3, 0.4) is 0 Å². The number of benzene rings is 1. The van der Waals surface area contributed by atoms with Gasteiger partial charge in [-0.05, 0) is 43.4 Å². The first kappa shape index (κ1) is 15.7. The van der Waals surface area contributed by atoms with Crippen LogP contribution in [0.1, 0.15) is 31.2 Å². The minimum absolute atomic E-state index is 0.0827. The molecule has 0 N–H and O–H groups in total. The molecule has 1 aromatic carbocycles. The predicted octanol–water partition coefficient (Wildman–Crippen LogP) is 3.14. The Hall–Kier alpha value is -0.650. The fraction of sp³-hybridized carbons (Fsp3) is 0.571. The first-order chi connectivity index (χ1) is 9.53. The molecule has 1 saturated carbocycles. The monoisotopic (exact) mass is 319 g/mol. The van der Waals surface area contributed by atoms with Gasteiger partial charge in [0.2, 0.25) is 10.0 Å². The van der Waals surface area contributed by atoms with Gasteiger partial charge in [0.15, 0.2) is 0 Å². The van der Waals surface area contributed by atoms with Gasteiger partial charge in [-0.15, -0.1) is 11.6 Å². The highest BCUT2D eigenvalue weighted by Crippen LogP contribution is 2.31. The van der Waals surface area contributed by atoms with Crippen LogP contribution in [-0.2, 0) is 16.6 Å². The van der Waals surface area contributed by atoms with Crippen LogP contribution in [-0.4, -0.2) is 30.4 Å². The molecule has 1 fully saturated rings. The van der Waals surface area contributed by atoms with Gasteiger partial charge in [-0.25, -0.2) is 12.8 Å². The molecule has 0 heterocycles. The Morgan fingerprint density at radius 1 is 1.30 bits per heavy atom. The van der Waals surface area contributed by atoms with E-state index in [0.29, 0.717) is 24.3 Å². The molecule has 0 radical (unpaired) electrons. The summed E-state index contributed by atoms with van der Waals surface area (Å²) in [6.07, 6.45) is 3.05. The number of nitrogens with zero attached hydrogens (tertiary/aromatic N) is 1. The van der Waals surface area contributed by atoms with Crippen molar-refractivity contribution in [1.29, 1.82) is 0 Å². The highest BCUT2D eigenvalue weighted by molar-refractivity contribution is 7.89. The fourth-order valence-electron chi connectivity index (χ4n) is 2.13. The topological polar surface area (TPSA) is 37.4 Å². The Bertz CT molecular complexity index is 546. The molecule has 112 valence electrons. The van der Waals surface area contributed by atoms with Crippen molar-refractivity contribution >= 4 is 21.6 Å². The summed E-state index contributed by atoms with van der Waals surface area (Å²) in [6, 6.07) is 6.20. The Labute approximate surface area is 124 Å². The van der Waals surface area contributed by atoms with Gasteiger partial charge in [-0.3, -0.25) is 0 Å². The lowest BCUT2D eigenvalue weighted by Crippen LogP contribution is -2.34. The average Bonchev–Trinajstić information content (AvgIpc) is 3.20. The van der Waals surface area contributed by atoms with Gasteiger partial charge in [0.25, 0.3) is 0 Å². The van der Waals surface area contributed by atoms with Crippen molar-refractivity contribution in [2.75, 3.05) is 11.6 Å². The second-order valence-electron chi connectivity index (χ2n) is 5.12. The van der Waals surface area contributed by atoms with Gasteiger partial charge < -0.3 is 0 Å². The van der Waals surface area contributed by atoms with E-state index < -0.39 is 10.0 Å². The third kappa shape index (κ3) is 4.43. The maximum atomic E-state index is 13.2. The minimum atomic E-state index is -3.29. The Balaban J connectivity index is 2.07. The maximum Gasteiger partial charge on any atom is 0.214 e. The summed E-state index contributed by atoms with van der Waals surface area (Å²) in [4.78, 5) is 0. The molecule has 6 heteroatoms. The molecule has 0 spiro atoms. The molecule has 1 aliphatic rings. The Morgan fingerprint density at radius 3 is 2.65 bits per heavy atom. The number of hydrogen-bond donors (Lipinski definition) is 0. The molecule has 0 aromatic heterocycles. The van der Waals surface area contributed by atoms with Crippen LogP contribution >= 0.6 is 11.6 Å². The molecule has 20 heavy (non-hydrogen) atoms. The molecule has 0 amide bonds. The van der Waals surface area contributed by atoms with E-state index in [-0.39, 0.29) is 24.2 Å². The van der Waals surface area contributed by atoms with Crippen molar-refractivity contribution in [2.45, 2.75) is 38.3 Å². The van der Waals surface area contributed by atoms with Crippen LogP contribution in [0.2, 0.25) is 0 Å². The summed E-state index contributed by atoms with van der Waals surface area (Å²) in [7, 11) is -3.29.